The maximum Gasteiger partial charge on any atom is 0.0606 e. The second-order valence-corrected chi connectivity index (χ2v) is 5.89. The molecule has 0 atom stereocenters. The highest BCUT2D eigenvalue weighted by Crippen LogP contribution is 2.33. The zero-order valence-electron chi connectivity index (χ0n) is 12.2. The normalized spacial score (nSPS) is 15.2. The van der Waals surface area contributed by atoms with Crippen molar-refractivity contribution in [3.8, 4) is 0 Å². The number of rotatable bonds is 8. The average molecular weight is 297 g/mol. The number of halogens is 1. The topological polar surface area (TPSA) is 35.5 Å². The Kier molecular flexibility index (Phi) is 6.14. The Hall–Kier alpha value is -0.770. The minimum atomic E-state index is 0.185. The average Bonchev–Trinajstić information content (AvgIpc) is 2.38. The summed E-state index contributed by atoms with van der Waals surface area (Å²) in [5, 5.41) is 13.6. The molecule has 0 unspecified atom stereocenters. The first-order chi connectivity index (χ1) is 9.76. The highest BCUT2D eigenvalue weighted by molar-refractivity contribution is 6.30. The quantitative estimate of drug-likeness (QED) is 0.723. The van der Waals surface area contributed by atoms with Crippen LogP contribution in [-0.2, 0) is 6.54 Å². The number of aliphatic hydroxyl groups excluding tert-OH is 1. The van der Waals surface area contributed by atoms with Crippen LogP contribution in [0.5, 0.6) is 0 Å². The van der Waals surface area contributed by atoms with Crippen molar-refractivity contribution in [1.82, 2.24) is 5.32 Å². The molecule has 3 nitrogen and oxygen atoms in total. The van der Waals surface area contributed by atoms with Gasteiger partial charge in [-0.3, -0.25) is 0 Å². The molecule has 0 saturated heterocycles. The highest BCUT2D eigenvalue weighted by atomic mass is 35.5. The van der Waals surface area contributed by atoms with Gasteiger partial charge < -0.3 is 15.3 Å². The summed E-state index contributed by atoms with van der Waals surface area (Å²) in [5.74, 6) is 0. The number of nitrogens with zero attached hydrogens (tertiary/aromatic N) is 1. The van der Waals surface area contributed by atoms with E-state index in [0.717, 1.165) is 24.5 Å². The molecule has 0 amide bonds. The molecular weight excluding hydrogens is 272 g/mol. The minimum Gasteiger partial charge on any atom is -0.395 e. The van der Waals surface area contributed by atoms with Crippen LogP contribution in [0.2, 0.25) is 5.02 Å². The van der Waals surface area contributed by atoms with E-state index in [-0.39, 0.29) is 6.61 Å². The lowest BCUT2D eigenvalue weighted by Crippen LogP contribution is -2.42. The van der Waals surface area contributed by atoms with Gasteiger partial charge in [-0.15, -0.1) is 0 Å². The van der Waals surface area contributed by atoms with Gasteiger partial charge in [-0.25, -0.2) is 0 Å². The summed E-state index contributed by atoms with van der Waals surface area (Å²) in [5.41, 5.74) is 2.45. The molecule has 1 fully saturated rings. The van der Waals surface area contributed by atoms with E-state index in [4.69, 9.17) is 11.6 Å². The predicted molar refractivity (Wildman–Crippen MR) is 85.5 cm³/mol. The number of anilines is 1. The summed E-state index contributed by atoms with van der Waals surface area (Å²) in [7, 11) is 0. The molecule has 20 heavy (non-hydrogen) atoms. The summed E-state index contributed by atoms with van der Waals surface area (Å²) in [6.07, 6.45) is 4.85. The summed E-state index contributed by atoms with van der Waals surface area (Å²) in [6.45, 7) is 4.92. The van der Waals surface area contributed by atoms with Crippen molar-refractivity contribution in [3.05, 3.63) is 28.8 Å². The van der Waals surface area contributed by atoms with E-state index < -0.39 is 0 Å². The predicted octanol–water partition coefficient (Wildman–Crippen LogP) is 3.19. The second-order valence-electron chi connectivity index (χ2n) is 5.45. The molecular formula is C16H25ClN2O. The van der Waals surface area contributed by atoms with Gasteiger partial charge in [-0.05, 0) is 49.9 Å². The number of benzene rings is 1. The summed E-state index contributed by atoms with van der Waals surface area (Å²) in [6, 6.07) is 6.65. The zero-order valence-corrected chi connectivity index (χ0v) is 13.0. The van der Waals surface area contributed by atoms with Crippen LogP contribution in [-0.4, -0.2) is 30.8 Å². The van der Waals surface area contributed by atoms with E-state index >= 15 is 0 Å². The monoisotopic (exact) mass is 296 g/mol. The van der Waals surface area contributed by atoms with Gasteiger partial charge in [0.15, 0.2) is 0 Å². The Morgan fingerprint density at radius 2 is 2.20 bits per heavy atom. The molecule has 0 spiro atoms. The molecule has 0 heterocycles. The van der Waals surface area contributed by atoms with E-state index in [1.807, 2.05) is 12.1 Å². The van der Waals surface area contributed by atoms with Crippen molar-refractivity contribution in [2.75, 3.05) is 24.6 Å². The molecule has 2 N–H and O–H groups in total. The molecule has 0 bridgehead atoms. The third kappa shape index (κ3) is 3.87. The molecule has 2 rings (SSSR count). The van der Waals surface area contributed by atoms with Crippen LogP contribution in [0.15, 0.2) is 18.2 Å². The van der Waals surface area contributed by atoms with Crippen molar-refractivity contribution >= 4 is 17.3 Å². The smallest absolute Gasteiger partial charge is 0.0606 e. The van der Waals surface area contributed by atoms with Gasteiger partial charge in [0.05, 0.1) is 6.61 Å². The lowest BCUT2D eigenvalue weighted by Gasteiger charge is -2.40. The van der Waals surface area contributed by atoms with Gasteiger partial charge in [0.2, 0.25) is 0 Å². The number of hydrogen-bond acceptors (Lipinski definition) is 3. The van der Waals surface area contributed by atoms with Gasteiger partial charge in [0.25, 0.3) is 0 Å². The van der Waals surface area contributed by atoms with Crippen molar-refractivity contribution in [1.29, 1.82) is 0 Å². The summed E-state index contributed by atoms with van der Waals surface area (Å²) in [4.78, 5) is 2.33. The van der Waals surface area contributed by atoms with Crippen LogP contribution < -0.4 is 10.2 Å². The SMILES string of the molecule is CCCNCc1ccc(Cl)cc1N(CCO)C1CCC1. The first-order valence-electron chi connectivity index (χ1n) is 7.63. The van der Waals surface area contributed by atoms with E-state index in [1.54, 1.807) is 0 Å². The lowest BCUT2D eigenvalue weighted by atomic mass is 9.90. The molecule has 0 aliphatic heterocycles. The van der Waals surface area contributed by atoms with Crippen LogP contribution in [0.25, 0.3) is 0 Å². The van der Waals surface area contributed by atoms with Crippen LogP contribution in [0, 0.1) is 0 Å². The molecule has 1 aliphatic carbocycles. The van der Waals surface area contributed by atoms with Crippen molar-refractivity contribution in [2.45, 2.75) is 45.2 Å². The van der Waals surface area contributed by atoms with Crippen molar-refractivity contribution in [3.63, 3.8) is 0 Å². The second kappa shape index (κ2) is 7.87. The zero-order chi connectivity index (χ0) is 14.4. The van der Waals surface area contributed by atoms with E-state index in [2.05, 4.69) is 23.2 Å². The molecule has 1 aliphatic rings. The standard InChI is InChI=1S/C16H25ClN2O/c1-2-8-18-12-13-6-7-14(17)11-16(13)19(9-10-20)15-4-3-5-15/h6-7,11,15,18,20H,2-5,8-10,12H2,1H3. The lowest BCUT2D eigenvalue weighted by molar-refractivity contribution is 0.283. The Balaban J connectivity index is 2.18. The highest BCUT2D eigenvalue weighted by Gasteiger charge is 2.26. The number of nitrogens with one attached hydrogen (secondary N) is 1. The molecule has 1 aromatic rings. The summed E-state index contributed by atoms with van der Waals surface area (Å²) >= 11 is 6.18. The Morgan fingerprint density at radius 1 is 1.40 bits per heavy atom. The van der Waals surface area contributed by atoms with E-state index in [1.165, 1.54) is 30.5 Å². The number of hydrogen-bond donors (Lipinski definition) is 2. The third-order valence-corrected chi connectivity index (χ3v) is 4.19. The van der Waals surface area contributed by atoms with Crippen LogP contribution in [0.3, 0.4) is 0 Å². The van der Waals surface area contributed by atoms with Crippen LogP contribution in [0.1, 0.15) is 38.2 Å². The van der Waals surface area contributed by atoms with Gasteiger partial charge in [0, 0.05) is 29.8 Å². The van der Waals surface area contributed by atoms with Crippen molar-refractivity contribution in [2.24, 2.45) is 0 Å². The molecule has 0 radical (unpaired) electrons. The van der Waals surface area contributed by atoms with Gasteiger partial charge >= 0.3 is 0 Å². The maximum absolute atomic E-state index is 9.35. The first-order valence-corrected chi connectivity index (χ1v) is 8.00. The van der Waals surface area contributed by atoms with Gasteiger partial charge in [-0.2, -0.15) is 0 Å². The van der Waals surface area contributed by atoms with E-state index in [9.17, 15) is 5.11 Å². The van der Waals surface area contributed by atoms with Crippen molar-refractivity contribution < 1.29 is 5.11 Å². The largest absolute Gasteiger partial charge is 0.395 e. The third-order valence-electron chi connectivity index (χ3n) is 3.96. The first kappa shape index (κ1) is 15.6. The fourth-order valence-electron chi connectivity index (χ4n) is 2.66. The summed E-state index contributed by atoms with van der Waals surface area (Å²) < 4.78 is 0. The fourth-order valence-corrected chi connectivity index (χ4v) is 2.83. The van der Waals surface area contributed by atoms with Gasteiger partial charge in [0.1, 0.15) is 0 Å². The minimum absolute atomic E-state index is 0.185. The Bertz CT molecular complexity index is 421. The molecule has 112 valence electrons. The molecule has 4 heteroatoms. The Morgan fingerprint density at radius 3 is 2.80 bits per heavy atom. The van der Waals surface area contributed by atoms with Crippen LogP contribution >= 0.6 is 11.6 Å². The van der Waals surface area contributed by atoms with Crippen LogP contribution in [0.4, 0.5) is 5.69 Å². The van der Waals surface area contributed by atoms with Gasteiger partial charge in [-0.1, -0.05) is 24.6 Å². The fraction of sp³-hybridized carbons (Fsp3) is 0.625. The maximum atomic E-state index is 9.35. The Labute approximate surface area is 126 Å². The number of aliphatic hydroxyl groups is 1. The molecule has 1 saturated carbocycles. The molecule has 1 aromatic carbocycles. The van der Waals surface area contributed by atoms with E-state index in [0.29, 0.717) is 12.6 Å². The molecule has 0 aromatic heterocycles.